The lowest BCUT2D eigenvalue weighted by atomic mass is 10.2. The number of hydrogen-bond acceptors (Lipinski definition) is 5. The number of hydrogen-bond donors (Lipinski definition) is 3. The van der Waals surface area contributed by atoms with E-state index < -0.39 is 10.0 Å². The number of primary sulfonamides is 1. The maximum atomic E-state index is 11.8. The van der Waals surface area contributed by atoms with E-state index in [0.29, 0.717) is 15.2 Å². The second-order valence-electron chi connectivity index (χ2n) is 3.94. The summed E-state index contributed by atoms with van der Waals surface area (Å²) in [5.41, 5.74) is 1.02. The summed E-state index contributed by atoms with van der Waals surface area (Å²) in [5, 5.41) is 9.33. The largest absolute Gasteiger partial charge is 0.347 e. The van der Waals surface area contributed by atoms with Crippen LogP contribution in [0.3, 0.4) is 0 Å². The smallest absolute Gasteiger partial charge is 0.268 e. The van der Waals surface area contributed by atoms with E-state index in [1.165, 1.54) is 23.5 Å². The first-order valence-electron chi connectivity index (χ1n) is 5.44. The molecule has 1 amide bonds. The summed E-state index contributed by atoms with van der Waals surface area (Å²) < 4.78 is 23.0. The molecule has 0 atom stereocenters. The molecule has 0 aliphatic rings. The van der Waals surface area contributed by atoms with Gasteiger partial charge >= 0.3 is 0 Å². The molecule has 4 N–H and O–H groups in total. The van der Waals surface area contributed by atoms with Crippen molar-refractivity contribution in [2.75, 3.05) is 0 Å². The van der Waals surface area contributed by atoms with Crippen LogP contribution in [0.15, 0.2) is 34.5 Å². The van der Waals surface area contributed by atoms with Crippen molar-refractivity contribution in [2.24, 2.45) is 5.14 Å². The van der Waals surface area contributed by atoms with Gasteiger partial charge in [-0.25, -0.2) is 13.6 Å². The number of carbonyl (C=O) groups excluding carboxylic acids is 1. The first-order chi connectivity index (χ1) is 9.36. The first-order valence-corrected chi connectivity index (χ1v) is 8.27. The molecule has 0 radical (unpaired) electrons. The topological polar surface area (TPSA) is 105 Å². The Morgan fingerprint density at radius 2 is 2.20 bits per heavy atom. The van der Waals surface area contributed by atoms with Crippen LogP contribution in [0.1, 0.15) is 16.1 Å². The van der Waals surface area contributed by atoms with Crippen LogP contribution in [-0.4, -0.2) is 19.3 Å². The molecule has 2 rings (SSSR count). The zero-order valence-electron chi connectivity index (χ0n) is 10.1. The quantitative estimate of drug-likeness (QED) is 0.737. The molecule has 2 aromatic rings. The second-order valence-corrected chi connectivity index (χ2v) is 7.04. The number of sulfonamides is 1. The Labute approximate surface area is 124 Å². The van der Waals surface area contributed by atoms with Crippen molar-refractivity contribution in [1.29, 1.82) is 0 Å². The van der Waals surface area contributed by atoms with Crippen molar-refractivity contribution in [3.05, 3.63) is 44.9 Å². The Balaban J connectivity index is 2.08. The third kappa shape index (κ3) is 3.73. The molecule has 0 aliphatic heterocycles. The number of rotatable bonds is 4. The molecule has 1 heterocycles. The number of thiazole rings is 1. The Hall–Kier alpha value is -1.55. The van der Waals surface area contributed by atoms with E-state index in [0.717, 1.165) is 0 Å². The summed E-state index contributed by atoms with van der Waals surface area (Å²) in [7, 11) is -3.74. The molecule has 0 fully saturated rings. The highest BCUT2D eigenvalue weighted by atomic mass is 32.2. The molecule has 0 saturated carbocycles. The van der Waals surface area contributed by atoms with E-state index in [1.807, 2.05) is 0 Å². The predicted molar refractivity (Wildman–Crippen MR) is 78.5 cm³/mol. The van der Waals surface area contributed by atoms with Gasteiger partial charge in [-0.3, -0.25) is 4.79 Å². The molecule has 0 aliphatic carbocycles. The van der Waals surface area contributed by atoms with Crippen LogP contribution in [0.2, 0.25) is 0 Å². The van der Waals surface area contributed by atoms with Crippen LogP contribution in [-0.2, 0) is 16.6 Å². The van der Waals surface area contributed by atoms with E-state index in [9.17, 15) is 13.2 Å². The van der Waals surface area contributed by atoms with Crippen molar-refractivity contribution in [2.45, 2.75) is 11.4 Å². The van der Waals surface area contributed by atoms with Gasteiger partial charge in [0.25, 0.3) is 5.91 Å². The first kappa shape index (κ1) is 14.9. The molecule has 1 aromatic carbocycles. The molecular weight excluding hydrogens is 318 g/mol. The minimum Gasteiger partial charge on any atom is -0.347 e. The number of carbonyl (C=O) groups is 1. The molecule has 9 heteroatoms. The third-order valence-corrected chi connectivity index (χ3v) is 4.42. The van der Waals surface area contributed by atoms with Gasteiger partial charge in [0.1, 0.15) is 5.69 Å². The van der Waals surface area contributed by atoms with Gasteiger partial charge in [-0.1, -0.05) is 12.1 Å². The molecule has 6 nitrogen and oxygen atoms in total. The van der Waals surface area contributed by atoms with Gasteiger partial charge < -0.3 is 10.3 Å². The number of nitrogens with one attached hydrogen (secondary N) is 2. The number of aromatic amines is 1. The fourth-order valence-electron chi connectivity index (χ4n) is 1.50. The second kappa shape index (κ2) is 5.83. The van der Waals surface area contributed by atoms with E-state index in [1.54, 1.807) is 17.5 Å². The lowest BCUT2D eigenvalue weighted by Gasteiger charge is -2.05. The fourth-order valence-corrected chi connectivity index (χ4v) is 2.90. The highest BCUT2D eigenvalue weighted by molar-refractivity contribution is 7.89. The summed E-state index contributed by atoms with van der Waals surface area (Å²) in [5.74, 6) is -0.307. The Bertz CT molecular complexity index is 792. The van der Waals surface area contributed by atoms with Gasteiger partial charge in [0, 0.05) is 11.9 Å². The molecule has 1 aromatic heterocycles. The maximum absolute atomic E-state index is 11.8. The molecule has 0 unspecified atom stereocenters. The van der Waals surface area contributed by atoms with Crippen LogP contribution in [0, 0.1) is 3.95 Å². The van der Waals surface area contributed by atoms with Gasteiger partial charge in [-0.15, -0.1) is 11.3 Å². The molecule has 0 bridgehead atoms. The summed E-state index contributed by atoms with van der Waals surface area (Å²) in [6.45, 7) is 0.193. The predicted octanol–water partition coefficient (Wildman–Crippen LogP) is 1.38. The van der Waals surface area contributed by atoms with Crippen molar-refractivity contribution >= 4 is 39.5 Å². The minimum atomic E-state index is -3.74. The average Bonchev–Trinajstić information content (AvgIpc) is 2.82. The van der Waals surface area contributed by atoms with E-state index >= 15 is 0 Å². The summed E-state index contributed by atoms with van der Waals surface area (Å²) >= 11 is 6.15. The number of H-pyrrole nitrogens is 1. The van der Waals surface area contributed by atoms with Gasteiger partial charge in [0.05, 0.1) is 4.90 Å². The van der Waals surface area contributed by atoms with Crippen molar-refractivity contribution < 1.29 is 13.2 Å². The Kier molecular flexibility index (Phi) is 4.33. The number of aromatic nitrogens is 1. The van der Waals surface area contributed by atoms with Crippen LogP contribution in [0.25, 0.3) is 0 Å². The van der Waals surface area contributed by atoms with Crippen LogP contribution >= 0.6 is 23.6 Å². The standard InChI is InChI=1S/C11H11N3O3S3/c12-20(16,17)8-3-1-2-7(4-8)5-13-10(15)9-6-19-11(18)14-9/h1-4,6H,5H2,(H,13,15)(H,14,18)(H2,12,16,17). The fraction of sp³-hybridized carbons (Fsp3) is 0.0909. The summed E-state index contributed by atoms with van der Waals surface area (Å²) in [6.07, 6.45) is 0. The molecule has 0 saturated heterocycles. The van der Waals surface area contributed by atoms with Gasteiger partial charge in [-0.05, 0) is 29.9 Å². The number of amides is 1. The van der Waals surface area contributed by atoms with E-state index in [-0.39, 0.29) is 17.3 Å². The highest BCUT2D eigenvalue weighted by Gasteiger charge is 2.10. The highest BCUT2D eigenvalue weighted by Crippen LogP contribution is 2.10. The lowest BCUT2D eigenvalue weighted by molar-refractivity contribution is 0.0946. The summed E-state index contributed by atoms with van der Waals surface area (Å²) in [4.78, 5) is 14.6. The average molecular weight is 329 g/mol. The Morgan fingerprint density at radius 1 is 1.45 bits per heavy atom. The molecular formula is C11H11N3O3S3. The molecule has 106 valence electrons. The van der Waals surface area contributed by atoms with Gasteiger partial charge in [0.2, 0.25) is 10.0 Å². The number of nitrogens with two attached hydrogens (primary N) is 1. The van der Waals surface area contributed by atoms with Gasteiger partial charge in [-0.2, -0.15) is 0 Å². The van der Waals surface area contributed by atoms with Crippen molar-refractivity contribution in [3.8, 4) is 0 Å². The normalized spacial score (nSPS) is 11.2. The third-order valence-electron chi connectivity index (χ3n) is 2.45. The van der Waals surface area contributed by atoms with Gasteiger partial charge in [0.15, 0.2) is 3.95 Å². The van der Waals surface area contributed by atoms with Crippen LogP contribution in [0.5, 0.6) is 0 Å². The molecule has 0 spiro atoms. The van der Waals surface area contributed by atoms with Crippen molar-refractivity contribution in [3.63, 3.8) is 0 Å². The van der Waals surface area contributed by atoms with Crippen LogP contribution < -0.4 is 10.5 Å². The number of benzene rings is 1. The monoisotopic (exact) mass is 329 g/mol. The van der Waals surface area contributed by atoms with E-state index in [4.69, 9.17) is 17.4 Å². The molecule has 20 heavy (non-hydrogen) atoms. The van der Waals surface area contributed by atoms with Crippen molar-refractivity contribution in [1.82, 2.24) is 10.3 Å². The maximum Gasteiger partial charge on any atom is 0.268 e. The zero-order chi connectivity index (χ0) is 14.8. The Morgan fingerprint density at radius 3 is 2.80 bits per heavy atom. The van der Waals surface area contributed by atoms with E-state index in [2.05, 4.69) is 10.3 Å². The summed E-state index contributed by atoms with van der Waals surface area (Å²) in [6, 6.07) is 6.09. The zero-order valence-corrected chi connectivity index (χ0v) is 12.6. The van der Waals surface area contributed by atoms with Crippen LogP contribution in [0.4, 0.5) is 0 Å². The minimum absolute atomic E-state index is 0.0131. The SMILES string of the molecule is NS(=O)(=O)c1cccc(CNC(=O)c2csc(=S)[nH]2)c1. The lowest BCUT2D eigenvalue weighted by Crippen LogP contribution is -2.23.